The van der Waals surface area contributed by atoms with Crippen LogP contribution in [0.4, 0.5) is 4.79 Å². The zero-order valence-corrected chi connectivity index (χ0v) is 12.7. The number of nitrogens with one attached hydrogen (secondary N) is 1. The number of benzene rings is 1. The Morgan fingerprint density at radius 3 is 2.86 bits per heavy atom. The molecule has 5 nitrogen and oxygen atoms in total. The number of amides is 1. The number of rotatable bonds is 5. The molecule has 1 aromatic rings. The number of piperidine rings is 1. The third-order valence-electron chi connectivity index (χ3n) is 3.46. The van der Waals surface area contributed by atoms with Gasteiger partial charge in [-0.3, -0.25) is 0 Å². The van der Waals surface area contributed by atoms with Crippen molar-refractivity contribution < 1.29 is 14.6 Å². The second-order valence-electron chi connectivity index (χ2n) is 5.11. The van der Waals surface area contributed by atoms with Gasteiger partial charge in [-0.15, -0.1) is 0 Å². The highest BCUT2D eigenvalue weighted by Crippen LogP contribution is 2.20. The average molecular weight is 313 g/mol. The smallest absolute Gasteiger partial charge is 0.409 e. The van der Waals surface area contributed by atoms with Gasteiger partial charge < -0.3 is 20.1 Å². The number of carbonyl (C=O) groups is 1. The van der Waals surface area contributed by atoms with Gasteiger partial charge in [-0.2, -0.15) is 0 Å². The summed E-state index contributed by atoms with van der Waals surface area (Å²) in [6.45, 7) is 2.99. The van der Waals surface area contributed by atoms with Crippen LogP contribution in [0.1, 0.15) is 24.8 Å². The number of hydrogen-bond donors (Lipinski definition) is 2. The van der Waals surface area contributed by atoms with Crippen LogP contribution in [0.2, 0.25) is 5.02 Å². The summed E-state index contributed by atoms with van der Waals surface area (Å²) < 4.78 is 5.22. The first kappa shape index (κ1) is 15.9. The Labute approximate surface area is 129 Å². The third-order valence-corrected chi connectivity index (χ3v) is 3.83. The summed E-state index contributed by atoms with van der Waals surface area (Å²) in [5.74, 6) is 0.188. The van der Waals surface area contributed by atoms with Crippen molar-refractivity contribution in [3.05, 3.63) is 28.8 Å². The molecule has 1 fully saturated rings. The number of likely N-dealkylation sites (tertiary alicyclic amines) is 1. The highest BCUT2D eigenvalue weighted by atomic mass is 35.5. The molecule has 0 bridgehead atoms. The third kappa shape index (κ3) is 5.10. The van der Waals surface area contributed by atoms with Crippen LogP contribution in [0.3, 0.4) is 0 Å². The average Bonchev–Trinajstić information content (AvgIpc) is 2.51. The summed E-state index contributed by atoms with van der Waals surface area (Å²) >= 11 is 6.02. The number of aromatic hydroxyl groups is 1. The Morgan fingerprint density at radius 1 is 1.33 bits per heavy atom. The minimum absolute atomic E-state index is 0.188. The van der Waals surface area contributed by atoms with Crippen LogP contribution < -0.4 is 5.32 Å². The van der Waals surface area contributed by atoms with E-state index in [2.05, 4.69) is 5.32 Å². The van der Waals surface area contributed by atoms with E-state index in [1.54, 1.807) is 23.1 Å². The summed E-state index contributed by atoms with van der Waals surface area (Å²) in [5.41, 5.74) is 0.819. The molecule has 1 aliphatic heterocycles. The molecule has 2 rings (SSSR count). The number of hydrogen-bond acceptors (Lipinski definition) is 4. The van der Waals surface area contributed by atoms with E-state index in [1.807, 2.05) is 0 Å². The minimum atomic E-state index is -0.230. The molecule has 2 N–H and O–H groups in total. The molecule has 21 heavy (non-hydrogen) atoms. The Hall–Kier alpha value is -1.46. The molecule has 0 aromatic heterocycles. The summed E-state index contributed by atoms with van der Waals surface area (Å²) in [4.78, 5) is 13.5. The molecule has 0 unspecified atom stereocenters. The van der Waals surface area contributed by atoms with Crippen molar-refractivity contribution >= 4 is 17.7 Å². The van der Waals surface area contributed by atoms with Crippen molar-refractivity contribution in [3.8, 4) is 5.75 Å². The van der Waals surface area contributed by atoms with Gasteiger partial charge in [0.05, 0.1) is 0 Å². The van der Waals surface area contributed by atoms with Crippen LogP contribution in [0.25, 0.3) is 0 Å². The Bertz CT molecular complexity index is 476. The van der Waals surface area contributed by atoms with Crippen LogP contribution >= 0.6 is 11.6 Å². The zero-order chi connectivity index (χ0) is 15.1. The van der Waals surface area contributed by atoms with E-state index >= 15 is 0 Å². The highest BCUT2D eigenvalue weighted by molar-refractivity contribution is 6.31. The number of nitrogens with zero attached hydrogens (tertiary/aromatic N) is 1. The molecule has 0 aliphatic carbocycles. The van der Waals surface area contributed by atoms with E-state index in [0.717, 1.165) is 31.5 Å². The molecule has 1 heterocycles. The van der Waals surface area contributed by atoms with E-state index < -0.39 is 0 Å². The van der Waals surface area contributed by atoms with Gasteiger partial charge in [0.25, 0.3) is 0 Å². The molecule has 0 radical (unpaired) electrons. The van der Waals surface area contributed by atoms with E-state index in [9.17, 15) is 9.90 Å². The molecule has 0 saturated carbocycles. The maximum atomic E-state index is 11.8. The van der Waals surface area contributed by atoms with Crippen molar-refractivity contribution in [1.82, 2.24) is 10.2 Å². The van der Waals surface area contributed by atoms with Gasteiger partial charge in [0.2, 0.25) is 0 Å². The summed E-state index contributed by atoms with van der Waals surface area (Å²) in [7, 11) is 0. The molecule has 0 atom stereocenters. The maximum Gasteiger partial charge on any atom is 0.409 e. The fraction of sp³-hybridized carbons (Fsp3) is 0.533. The Balaban J connectivity index is 1.63. The molecule has 6 heteroatoms. The van der Waals surface area contributed by atoms with Gasteiger partial charge in [0.15, 0.2) is 0 Å². The van der Waals surface area contributed by atoms with E-state index in [-0.39, 0.29) is 11.8 Å². The quantitative estimate of drug-likeness (QED) is 0.821. The topological polar surface area (TPSA) is 61.8 Å². The number of halogens is 1. The van der Waals surface area contributed by atoms with Gasteiger partial charge in [0, 0.05) is 31.2 Å². The van der Waals surface area contributed by atoms with Crippen LogP contribution in [0.15, 0.2) is 18.2 Å². The fourth-order valence-corrected chi connectivity index (χ4v) is 2.48. The molecule has 0 spiro atoms. The summed E-state index contributed by atoms with van der Waals surface area (Å²) in [6.07, 6.45) is 3.08. The van der Waals surface area contributed by atoms with Crippen molar-refractivity contribution in [2.24, 2.45) is 0 Å². The standard InChI is InChI=1S/C15H21ClN2O3/c16-14-5-4-13(19)10-12(14)11-17-6-9-21-15(20)18-7-2-1-3-8-18/h4-5,10,17,19H,1-3,6-9,11H2. The number of phenols is 1. The SMILES string of the molecule is O=C(OCCNCc1cc(O)ccc1Cl)N1CCCCC1. The predicted octanol–water partition coefficient (Wildman–Crippen LogP) is 2.76. The molecule has 1 saturated heterocycles. The summed E-state index contributed by atoms with van der Waals surface area (Å²) in [5, 5.41) is 13.1. The minimum Gasteiger partial charge on any atom is -0.508 e. The van der Waals surface area contributed by atoms with Crippen LogP contribution in [-0.2, 0) is 11.3 Å². The van der Waals surface area contributed by atoms with Crippen molar-refractivity contribution in [1.29, 1.82) is 0 Å². The van der Waals surface area contributed by atoms with E-state index in [1.165, 1.54) is 6.42 Å². The molecular weight excluding hydrogens is 292 g/mol. The number of carbonyl (C=O) groups excluding carboxylic acids is 1. The van der Waals surface area contributed by atoms with Gasteiger partial charge in [-0.25, -0.2) is 4.79 Å². The molecular formula is C15H21ClN2O3. The normalized spacial score (nSPS) is 15.0. The first-order valence-corrected chi connectivity index (χ1v) is 7.64. The lowest BCUT2D eigenvalue weighted by Crippen LogP contribution is -2.37. The summed E-state index contributed by atoms with van der Waals surface area (Å²) in [6, 6.07) is 4.82. The molecule has 1 aromatic carbocycles. The van der Waals surface area contributed by atoms with Crippen molar-refractivity contribution in [2.75, 3.05) is 26.2 Å². The van der Waals surface area contributed by atoms with Gasteiger partial charge >= 0.3 is 6.09 Å². The number of ether oxygens (including phenoxy) is 1. The monoisotopic (exact) mass is 312 g/mol. The second-order valence-corrected chi connectivity index (χ2v) is 5.52. The lowest BCUT2D eigenvalue weighted by Gasteiger charge is -2.25. The van der Waals surface area contributed by atoms with E-state index in [4.69, 9.17) is 16.3 Å². The predicted molar refractivity (Wildman–Crippen MR) is 81.6 cm³/mol. The van der Waals surface area contributed by atoms with Crippen LogP contribution in [0.5, 0.6) is 5.75 Å². The molecule has 1 aliphatic rings. The van der Waals surface area contributed by atoms with Gasteiger partial charge in [0.1, 0.15) is 12.4 Å². The largest absolute Gasteiger partial charge is 0.508 e. The fourth-order valence-electron chi connectivity index (χ4n) is 2.30. The van der Waals surface area contributed by atoms with Crippen molar-refractivity contribution in [3.63, 3.8) is 0 Å². The highest BCUT2D eigenvalue weighted by Gasteiger charge is 2.17. The second kappa shape index (κ2) is 8.10. The van der Waals surface area contributed by atoms with Crippen LogP contribution in [-0.4, -0.2) is 42.3 Å². The van der Waals surface area contributed by atoms with Gasteiger partial charge in [-0.1, -0.05) is 11.6 Å². The van der Waals surface area contributed by atoms with Crippen LogP contribution in [0, 0.1) is 0 Å². The first-order chi connectivity index (χ1) is 10.2. The van der Waals surface area contributed by atoms with Crippen molar-refractivity contribution in [2.45, 2.75) is 25.8 Å². The first-order valence-electron chi connectivity index (χ1n) is 7.26. The zero-order valence-electron chi connectivity index (χ0n) is 12.0. The molecule has 1 amide bonds. The molecule has 116 valence electrons. The maximum absolute atomic E-state index is 11.8. The Kier molecular flexibility index (Phi) is 6.14. The number of phenolic OH excluding ortho intramolecular Hbond substituents is 1. The van der Waals surface area contributed by atoms with Gasteiger partial charge in [-0.05, 0) is 43.0 Å². The lowest BCUT2D eigenvalue weighted by atomic mass is 10.1. The Morgan fingerprint density at radius 2 is 2.10 bits per heavy atom. The van der Waals surface area contributed by atoms with E-state index in [0.29, 0.717) is 24.7 Å². The lowest BCUT2D eigenvalue weighted by molar-refractivity contribution is 0.0958.